The Morgan fingerprint density at radius 2 is 1.62 bits per heavy atom. The normalized spacial score (nSPS) is 20.4. The Hall–Kier alpha value is -2.06. The largest absolute Gasteiger partial charge is 0.497 e. The number of rotatable bonds is 4. The van der Waals surface area contributed by atoms with E-state index >= 15 is 0 Å². The van der Waals surface area contributed by atoms with Crippen LogP contribution in [0.25, 0.3) is 5.57 Å². The zero-order valence-electron chi connectivity index (χ0n) is 15.8. The molecule has 1 heterocycles. The molecule has 0 atom stereocenters. The molecule has 26 heavy (non-hydrogen) atoms. The first-order chi connectivity index (χ1) is 12.8. The van der Waals surface area contributed by atoms with Crippen molar-refractivity contribution in [3.63, 3.8) is 0 Å². The van der Waals surface area contributed by atoms with Gasteiger partial charge in [0.15, 0.2) is 0 Å². The molecule has 1 aliphatic heterocycles. The molecule has 0 saturated heterocycles. The van der Waals surface area contributed by atoms with E-state index < -0.39 is 0 Å². The van der Waals surface area contributed by atoms with E-state index in [0.717, 1.165) is 25.3 Å². The molecule has 2 aliphatic rings. The second-order valence-electron chi connectivity index (χ2n) is 7.61. The van der Waals surface area contributed by atoms with Crippen LogP contribution in [0, 0.1) is 0 Å². The number of ether oxygens (including phenoxy) is 1. The van der Waals surface area contributed by atoms with Crippen LogP contribution in [0.2, 0.25) is 0 Å². The highest BCUT2D eigenvalue weighted by Gasteiger charge is 2.39. The predicted molar refractivity (Wildman–Crippen MR) is 108 cm³/mol. The smallest absolute Gasteiger partial charge is 0.118 e. The van der Waals surface area contributed by atoms with Crippen LogP contribution in [0.15, 0.2) is 60.7 Å². The third kappa shape index (κ3) is 3.31. The lowest BCUT2D eigenvalue weighted by Gasteiger charge is -2.48. The van der Waals surface area contributed by atoms with Gasteiger partial charge in [0, 0.05) is 18.6 Å². The van der Waals surface area contributed by atoms with Gasteiger partial charge in [0.1, 0.15) is 5.75 Å². The molecule has 4 rings (SSSR count). The molecule has 2 heteroatoms. The van der Waals surface area contributed by atoms with Crippen molar-refractivity contribution in [2.75, 3.05) is 20.2 Å². The van der Waals surface area contributed by atoms with Gasteiger partial charge in [-0.3, -0.25) is 4.90 Å². The first kappa shape index (κ1) is 17.4. The van der Waals surface area contributed by atoms with E-state index in [9.17, 15) is 0 Å². The standard InChI is InChI=1S/C24H29NO/c1-26-23-12-10-20(11-13-23)21-14-18-25(19-15-21)24(16-6-3-7-17-24)22-8-4-2-5-9-22/h2,4-5,8-14H,3,6-7,15-19H2,1H3. The van der Waals surface area contributed by atoms with Crippen molar-refractivity contribution in [1.82, 2.24) is 4.90 Å². The van der Waals surface area contributed by atoms with Crippen LogP contribution < -0.4 is 4.74 Å². The number of hydrogen-bond donors (Lipinski definition) is 0. The quantitative estimate of drug-likeness (QED) is 0.709. The average Bonchev–Trinajstić information content (AvgIpc) is 2.75. The van der Waals surface area contributed by atoms with Gasteiger partial charge in [-0.25, -0.2) is 0 Å². The molecule has 1 fully saturated rings. The van der Waals surface area contributed by atoms with Crippen LogP contribution in [0.1, 0.15) is 49.7 Å². The summed E-state index contributed by atoms with van der Waals surface area (Å²) >= 11 is 0. The average molecular weight is 348 g/mol. The summed E-state index contributed by atoms with van der Waals surface area (Å²) < 4.78 is 5.29. The Kier molecular flexibility index (Phi) is 5.12. The summed E-state index contributed by atoms with van der Waals surface area (Å²) in [6, 6.07) is 19.7. The van der Waals surface area contributed by atoms with Gasteiger partial charge in [0.2, 0.25) is 0 Å². The minimum atomic E-state index is 0.238. The molecule has 1 saturated carbocycles. The third-order valence-electron chi connectivity index (χ3n) is 6.27. The van der Waals surface area contributed by atoms with E-state index in [-0.39, 0.29) is 5.54 Å². The van der Waals surface area contributed by atoms with Crippen molar-refractivity contribution < 1.29 is 4.74 Å². The molecule has 136 valence electrons. The lowest BCUT2D eigenvalue weighted by atomic mass is 9.74. The minimum absolute atomic E-state index is 0.238. The molecule has 2 aromatic rings. The van der Waals surface area contributed by atoms with Gasteiger partial charge < -0.3 is 4.74 Å². The van der Waals surface area contributed by atoms with E-state index in [1.165, 1.54) is 48.8 Å². The summed E-state index contributed by atoms with van der Waals surface area (Å²) in [5.41, 5.74) is 4.56. The van der Waals surface area contributed by atoms with E-state index in [0.29, 0.717) is 0 Å². The summed E-state index contributed by atoms with van der Waals surface area (Å²) in [6.45, 7) is 2.20. The Labute approximate surface area is 157 Å². The lowest BCUT2D eigenvalue weighted by Crippen LogP contribution is -2.49. The summed E-state index contributed by atoms with van der Waals surface area (Å²) in [5, 5.41) is 0. The first-order valence-corrected chi connectivity index (χ1v) is 9.96. The fourth-order valence-electron chi connectivity index (χ4n) is 4.80. The summed E-state index contributed by atoms with van der Waals surface area (Å²) in [4.78, 5) is 2.74. The fourth-order valence-corrected chi connectivity index (χ4v) is 4.80. The molecule has 0 aromatic heterocycles. The Morgan fingerprint density at radius 3 is 2.23 bits per heavy atom. The van der Waals surface area contributed by atoms with Gasteiger partial charge in [0.05, 0.1) is 7.11 Å². The Balaban J connectivity index is 1.57. The monoisotopic (exact) mass is 347 g/mol. The van der Waals surface area contributed by atoms with Crippen LogP contribution in [-0.2, 0) is 5.54 Å². The molecule has 0 radical (unpaired) electrons. The van der Waals surface area contributed by atoms with Gasteiger partial charge in [-0.05, 0) is 48.1 Å². The zero-order chi connectivity index (χ0) is 17.8. The molecule has 0 unspecified atom stereocenters. The van der Waals surface area contributed by atoms with Crippen molar-refractivity contribution in [2.24, 2.45) is 0 Å². The molecule has 2 nitrogen and oxygen atoms in total. The van der Waals surface area contributed by atoms with E-state index in [4.69, 9.17) is 4.74 Å². The van der Waals surface area contributed by atoms with Crippen molar-refractivity contribution in [1.29, 1.82) is 0 Å². The van der Waals surface area contributed by atoms with Gasteiger partial charge in [-0.2, -0.15) is 0 Å². The van der Waals surface area contributed by atoms with Crippen molar-refractivity contribution in [3.8, 4) is 5.75 Å². The predicted octanol–water partition coefficient (Wildman–Crippen LogP) is 5.64. The van der Waals surface area contributed by atoms with E-state index in [1.807, 2.05) is 0 Å². The maximum Gasteiger partial charge on any atom is 0.118 e. The van der Waals surface area contributed by atoms with Gasteiger partial charge in [-0.15, -0.1) is 0 Å². The maximum atomic E-state index is 5.29. The van der Waals surface area contributed by atoms with Crippen LogP contribution >= 0.6 is 0 Å². The molecule has 2 aromatic carbocycles. The number of benzene rings is 2. The highest BCUT2D eigenvalue weighted by molar-refractivity contribution is 5.67. The summed E-state index contributed by atoms with van der Waals surface area (Å²) in [5.74, 6) is 0.928. The number of nitrogens with zero attached hydrogens (tertiary/aromatic N) is 1. The topological polar surface area (TPSA) is 12.5 Å². The van der Waals surface area contributed by atoms with Crippen LogP contribution in [0.5, 0.6) is 5.75 Å². The molecular formula is C24H29NO. The SMILES string of the molecule is COc1ccc(C2=CCN(C3(c4ccccc4)CCCCC3)CC2)cc1. The first-order valence-electron chi connectivity index (χ1n) is 9.96. The highest BCUT2D eigenvalue weighted by atomic mass is 16.5. The van der Waals surface area contributed by atoms with Crippen LogP contribution in [0.3, 0.4) is 0 Å². The molecule has 1 aliphatic carbocycles. The molecule has 0 bridgehead atoms. The number of methoxy groups -OCH3 is 1. The second-order valence-corrected chi connectivity index (χ2v) is 7.61. The molecule has 0 amide bonds. The minimum Gasteiger partial charge on any atom is -0.497 e. The van der Waals surface area contributed by atoms with Crippen molar-refractivity contribution in [3.05, 3.63) is 71.8 Å². The zero-order valence-corrected chi connectivity index (χ0v) is 15.8. The van der Waals surface area contributed by atoms with E-state index in [2.05, 4.69) is 65.6 Å². The van der Waals surface area contributed by atoms with Gasteiger partial charge in [0.25, 0.3) is 0 Å². The molecular weight excluding hydrogens is 318 g/mol. The fraction of sp³-hybridized carbons (Fsp3) is 0.417. The van der Waals surface area contributed by atoms with E-state index in [1.54, 1.807) is 7.11 Å². The molecule has 0 spiro atoms. The third-order valence-corrected chi connectivity index (χ3v) is 6.27. The second kappa shape index (κ2) is 7.67. The lowest BCUT2D eigenvalue weighted by molar-refractivity contribution is 0.0569. The van der Waals surface area contributed by atoms with Gasteiger partial charge >= 0.3 is 0 Å². The Morgan fingerprint density at radius 1 is 0.885 bits per heavy atom. The Bertz CT molecular complexity index is 742. The summed E-state index contributed by atoms with van der Waals surface area (Å²) in [6.07, 6.45) is 10.2. The summed E-state index contributed by atoms with van der Waals surface area (Å²) in [7, 11) is 1.72. The van der Waals surface area contributed by atoms with Crippen LogP contribution in [0.4, 0.5) is 0 Å². The van der Waals surface area contributed by atoms with Crippen molar-refractivity contribution >= 4 is 5.57 Å². The van der Waals surface area contributed by atoms with Crippen molar-refractivity contribution in [2.45, 2.75) is 44.1 Å². The van der Waals surface area contributed by atoms with Gasteiger partial charge in [-0.1, -0.05) is 67.8 Å². The van der Waals surface area contributed by atoms with Crippen LogP contribution in [-0.4, -0.2) is 25.1 Å². The molecule has 0 N–H and O–H groups in total. The number of hydrogen-bond acceptors (Lipinski definition) is 2. The maximum absolute atomic E-state index is 5.29. The highest BCUT2D eigenvalue weighted by Crippen LogP contribution is 2.43.